The van der Waals surface area contributed by atoms with Gasteiger partial charge >= 0.3 is 0 Å². The third-order valence-electron chi connectivity index (χ3n) is 8.38. The van der Waals surface area contributed by atoms with Crippen molar-refractivity contribution in [2.45, 2.75) is 25.8 Å². The fourth-order valence-electron chi connectivity index (χ4n) is 6.50. The van der Waals surface area contributed by atoms with Crippen LogP contribution < -0.4 is 5.73 Å². The van der Waals surface area contributed by atoms with Crippen molar-refractivity contribution in [3.8, 4) is 0 Å². The van der Waals surface area contributed by atoms with Crippen LogP contribution in [0.4, 0.5) is 0 Å². The summed E-state index contributed by atoms with van der Waals surface area (Å²) in [4.78, 5) is 24.2. The number of carbonyl (C=O) groups is 1. The molecule has 0 radical (unpaired) electrons. The number of amides is 1. The second-order valence-electron chi connectivity index (χ2n) is 11.6. The summed E-state index contributed by atoms with van der Waals surface area (Å²) in [5.41, 5.74) is 14.3. The summed E-state index contributed by atoms with van der Waals surface area (Å²) in [6.07, 6.45) is 1.76. The minimum atomic E-state index is -0.657. The SMILES string of the molecule is C=CN1/C(=C(\C(=C)C)c2ccccc2)c2c(C(=O)N=C(N)C(C(C)=N)c3ccccc3)[nH]c3cc(Cl)cc(c23)C1c1ccc(Cl)cc1. The molecule has 6 rings (SSSR count). The predicted molar refractivity (Wildman–Crippen MR) is 195 cm³/mol. The smallest absolute Gasteiger partial charge is 0.295 e. The molecule has 0 saturated carbocycles. The second-order valence-corrected chi connectivity index (χ2v) is 12.4. The largest absolute Gasteiger partial charge is 0.386 e. The molecule has 2 atom stereocenters. The lowest BCUT2D eigenvalue weighted by Crippen LogP contribution is -2.29. The topological polar surface area (TPSA) is 98.3 Å². The molecule has 8 heteroatoms. The summed E-state index contributed by atoms with van der Waals surface area (Å²) < 4.78 is 0. The van der Waals surface area contributed by atoms with E-state index in [1.54, 1.807) is 13.1 Å². The first-order valence-corrected chi connectivity index (χ1v) is 15.8. The first-order valence-electron chi connectivity index (χ1n) is 15.1. The minimum Gasteiger partial charge on any atom is -0.386 e. The third kappa shape index (κ3) is 5.82. The van der Waals surface area contributed by atoms with Crippen molar-refractivity contribution in [2.75, 3.05) is 0 Å². The molecule has 0 spiro atoms. The van der Waals surface area contributed by atoms with Crippen LogP contribution in [-0.4, -0.2) is 27.3 Å². The molecule has 1 aliphatic heterocycles. The molecule has 6 nitrogen and oxygen atoms in total. The van der Waals surface area contributed by atoms with Gasteiger partial charge in [-0.3, -0.25) is 4.79 Å². The normalized spacial score (nSPS) is 16.1. The van der Waals surface area contributed by atoms with E-state index in [1.807, 2.05) is 104 Å². The van der Waals surface area contributed by atoms with E-state index < -0.39 is 11.8 Å². The van der Waals surface area contributed by atoms with E-state index in [9.17, 15) is 4.79 Å². The summed E-state index contributed by atoms with van der Waals surface area (Å²) in [5.74, 6) is -1.20. The van der Waals surface area contributed by atoms with E-state index >= 15 is 0 Å². The Bertz CT molecular complexity index is 2110. The van der Waals surface area contributed by atoms with Crippen molar-refractivity contribution < 1.29 is 4.79 Å². The number of nitrogens with one attached hydrogen (secondary N) is 2. The molecule has 1 amide bonds. The molecule has 234 valence electrons. The maximum absolute atomic E-state index is 14.3. The highest BCUT2D eigenvalue weighted by molar-refractivity contribution is 6.32. The quantitative estimate of drug-likeness (QED) is 0.114. The van der Waals surface area contributed by atoms with Gasteiger partial charge in [-0.2, -0.15) is 4.99 Å². The van der Waals surface area contributed by atoms with Crippen LogP contribution >= 0.6 is 23.2 Å². The Kier molecular flexibility index (Phi) is 8.74. The molecule has 0 fully saturated rings. The van der Waals surface area contributed by atoms with Crippen LogP contribution in [0, 0.1) is 5.41 Å². The van der Waals surface area contributed by atoms with Crippen LogP contribution in [0.2, 0.25) is 10.0 Å². The number of hydrogen-bond donors (Lipinski definition) is 3. The number of aliphatic imine (C=N–C) groups is 1. The molecule has 1 aliphatic rings. The van der Waals surface area contributed by atoms with Crippen LogP contribution in [0.25, 0.3) is 22.2 Å². The fraction of sp³-hybridized carbons (Fsp3) is 0.103. The number of rotatable bonds is 8. The van der Waals surface area contributed by atoms with Gasteiger partial charge in [-0.05, 0) is 72.1 Å². The molecular weight excluding hydrogens is 625 g/mol. The summed E-state index contributed by atoms with van der Waals surface area (Å²) in [5, 5.41) is 10.4. The molecule has 0 aliphatic carbocycles. The van der Waals surface area contributed by atoms with Gasteiger partial charge in [0.2, 0.25) is 0 Å². The Balaban J connectivity index is 1.69. The van der Waals surface area contributed by atoms with Crippen LogP contribution in [-0.2, 0) is 0 Å². The number of halogens is 2. The zero-order chi connectivity index (χ0) is 33.4. The van der Waals surface area contributed by atoms with Crippen LogP contribution in [0.3, 0.4) is 0 Å². The van der Waals surface area contributed by atoms with Gasteiger partial charge in [-0.1, -0.05) is 109 Å². The first-order chi connectivity index (χ1) is 22.6. The number of nitrogens with two attached hydrogens (primary N) is 1. The monoisotopic (exact) mass is 657 g/mol. The molecule has 0 saturated heterocycles. The summed E-state index contributed by atoms with van der Waals surface area (Å²) in [7, 11) is 0. The number of hydrogen-bond acceptors (Lipinski definition) is 3. The van der Waals surface area contributed by atoms with Crippen molar-refractivity contribution >= 4 is 62.8 Å². The third-order valence-corrected chi connectivity index (χ3v) is 8.85. The van der Waals surface area contributed by atoms with Gasteiger partial charge in [-0.15, -0.1) is 0 Å². The molecule has 0 bridgehead atoms. The lowest BCUT2D eigenvalue weighted by molar-refractivity contribution is 0.0998. The number of amidine groups is 1. The lowest BCUT2D eigenvalue weighted by atomic mass is 9.83. The van der Waals surface area contributed by atoms with Gasteiger partial charge in [0.25, 0.3) is 5.91 Å². The van der Waals surface area contributed by atoms with Gasteiger partial charge in [0.1, 0.15) is 11.5 Å². The number of aromatic nitrogens is 1. The van der Waals surface area contributed by atoms with E-state index in [-0.39, 0.29) is 23.3 Å². The molecule has 1 aromatic heterocycles. The highest BCUT2D eigenvalue weighted by atomic mass is 35.5. The van der Waals surface area contributed by atoms with E-state index in [2.05, 4.69) is 28.0 Å². The second kappa shape index (κ2) is 12.9. The number of H-pyrrole nitrogens is 1. The zero-order valence-corrected chi connectivity index (χ0v) is 27.5. The van der Waals surface area contributed by atoms with Gasteiger partial charge < -0.3 is 21.0 Å². The molecule has 47 heavy (non-hydrogen) atoms. The van der Waals surface area contributed by atoms with Gasteiger partial charge in [0.05, 0.1) is 17.7 Å². The molecule has 4 N–H and O–H groups in total. The number of aromatic amines is 1. The maximum Gasteiger partial charge on any atom is 0.295 e. The van der Waals surface area contributed by atoms with Gasteiger partial charge in [-0.25, -0.2) is 0 Å². The Morgan fingerprint density at radius 3 is 2.21 bits per heavy atom. The summed E-state index contributed by atoms with van der Waals surface area (Å²) in [6, 6.07) is 30.3. The van der Waals surface area contributed by atoms with E-state index in [4.69, 9.17) is 34.3 Å². The van der Waals surface area contributed by atoms with Crippen LogP contribution in [0.1, 0.15) is 64.1 Å². The average Bonchev–Trinajstić information content (AvgIpc) is 3.43. The predicted octanol–water partition coefficient (Wildman–Crippen LogP) is 9.79. The number of allylic oxidation sites excluding steroid dienone is 2. The Hall–Kier alpha value is -5.17. The zero-order valence-electron chi connectivity index (χ0n) is 26.0. The number of benzene rings is 4. The molecule has 2 unspecified atom stereocenters. The average molecular weight is 659 g/mol. The van der Waals surface area contributed by atoms with Crippen LogP contribution in [0.5, 0.6) is 0 Å². The Labute approximate surface area is 284 Å². The van der Waals surface area contributed by atoms with Crippen molar-refractivity contribution in [3.63, 3.8) is 0 Å². The molecule has 4 aromatic carbocycles. The van der Waals surface area contributed by atoms with Crippen LogP contribution in [0.15, 0.2) is 127 Å². The van der Waals surface area contributed by atoms with Crippen molar-refractivity contribution in [3.05, 3.63) is 166 Å². The van der Waals surface area contributed by atoms with E-state index in [1.165, 1.54) is 0 Å². The van der Waals surface area contributed by atoms with Crippen molar-refractivity contribution in [2.24, 2.45) is 10.7 Å². The molecule has 5 aromatic rings. The van der Waals surface area contributed by atoms with Gasteiger partial charge in [0.15, 0.2) is 0 Å². The minimum absolute atomic E-state index is 0.0296. The number of nitrogens with zero attached hydrogens (tertiary/aromatic N) is 2. The highest BCUT2D eigenvalue weighted by Crippen LogP contribution is 2.51. The molecular formula is C39H33Cl2N5O. The maximum atomic E-state index is 14.3. The van der Waals surface area contributed by atoms with Crippen molar-refractivity contribution in [1.82, 2.24) is 9.88 Å². The summed E-state index contributed by atoms with van der Waals surface area (Å²) >= 11 is 13.1. The molecule has 2 heterocycles. The summed E-state index contributed by atoms with van der Waals surface area (Å²) in [6.45, 7) is 12.2. The highest BCUT2D eigenvalue weighted by Gasteiger charge is 2.38. The van der Waals surface area contributed by atoms with E-state index in [0.29, 0.717) is 21.1 Å². The fourth-order valence-corrected chi connectivity index (χ4v) is 6.85. The van der Waals surface area contributed by atoms with Gasteiger partial charge in [0, 0.05) is 37.8 Å². The number of carbonyl (C=O) groups excluding carboxylic acids is 1. The standard InChI is InChI=1S/C39H33Cl2N5O/c1-5-46-36(26-16-18-27(40)19-17-26)29-20-28(41)21-30-33(29)34(37(46)31(22(2)3)24-12-8-6-9-13-24)35(44-30)39(47)45-38(43)32(23(4)42)25-14-10-7-11-15-25/h5-21,32,36,42,44H,1-2H2,3-4H3,(H2,43,45,47)/b37-31+,42-23?. The Morgan fingerprint density at radius 2 is 1.62 bits per heavy atom. The van der Waals surface area contributed by atoms with Crippen molar-refractivity contribution in [1.29, 1.82) is 5.41 Å². The van der Waals surface area contributed by atoms with E-state index in [0.717, 1.165) is 44.5 Å². The first kappa shape index (κ1) is 31.8. The lowest BCUT2D eigenvalue weighted by Gasteiger charge is -2.39. The Morgan fingerprint density at radius 1 is 0.979 bits per heavy atom.